The monoisotopic (exact) mass is 439 g/mol. The van der Waals surface area contributed by atoms with Crippen LogP contribution in [0.15, 0.2) is 18.2 Å². The smallest absolute Gasteiger partial charge is 0.227 e. The summed E-state index contributed by atoms with van der Waals surface area (Å²) in [6, 6.07) is 6.25. The summed E-state index contributed by atoms with van der Waals surface area (Å²) in [5.41, 5.74) is 0.918. The summed E-state index contributed by atoms with van der Waals surface area (Å²) in [7, 11) is 0. The summed E-state index contributed by atoms with van der Waals surface area (Å²) in [6.07, 6.45) is 3.96. The van der Waals surface area contributed by atoms with Gasteiger partial charge in [0.2, 0.25) is 5.91 Å². The molecule has 3 aliphatic rings. The summed E-state index contributed by atoms with van der Waals surface area (Å²) in [5, 5.41) is 1.03. The van der Waals surface area contributed by atoms with E-state index < -0.39 is 0 Å². The second-order valence-corrected chi connectivity index (χ2v) is 9.27. The quantitative estimate of drug-likeness (QED) is 0.704. The summed E-state index contributed by atoms with van der Waals surface area (Å²) in [4.78, 5) is 20.6. The van der Waals surface area contributed by atoms with E-state index in [1.165, 1.54) is 12.8 Å². The number of halogens is 2. The molecule has 0 spiro atoms. The van der Waals surface area contributed by atoms with Gasteiger partial charge in [0.25, 0.3) is 0 Å². The Bertz CT molecular complexity index is 726. The van der Waals surface area contributed by atoms with Gasteiger partial charge in [0, 0.05) is 13.1 Å². The van der Waals surface area contributed by atoms with Gasteiger partial charge >= 0.3 is 0 Å². The zero-order valence-electron chi connectivity index (χ0n) is 17.2. The van der Waals surface area contributed by atoms with Gasteiger partial charge in [-0.2, -0.15) is 0 Å². The number of nitrogens with zero attached hydrogens (tertiary/aromatic N) is 3. The van der Waals surface area contributed by atoms with E-state index in [0.29, 0.717) is 23.1 Å². The number of carbonyl (C=O) groups excluding carboxylic acids is 1. The molecule has 4 rings (SSSR count). The molecule has 1 aromatic carbocycles. The highest BCUT2D eigenvalue weighted by atomic mass is 35.5. The van der Waals surface area contributed by atoms with Crippen molar-refractivity contribution in [2.45, 2.75) is 50.7 Å². The van der Waals surface area contributed by atoms with Crippen molar-refractivity contribution in [1.82, 2.24) is 14.7 Å². The van der Waals surface area contributed by atoms with Crippen LogP contribution < -0.4 is 0 Å². The fourth-order valence-corrected chi connectivity index (χ4v) is 5.55. The van der Waals surface area contributed by atoms with Gasteiger partial charge in [0.05, 0.1) is 47.8 Å². The molecular formula is C22H31Cl2N3O2. The van der Waals surface area contributed by atoms with E-state index in [0.717, 1.165) is 51.3 Å². The third-order valence-corrected chi connectivity index (χ3v) is 7.34. The van der Waals surface area contributed by atoms with E-state index in [1.54, 1.807) is 6.07 Å². The number of fused-ring (bicyclic) bond motifs is 1. The molecule has 7 heteroatoms. The number of amides is 1. The maximum atomic E-state index is 13.4. The Labute approximate surface area is 183 Å². The van der Waals surface area contributed by atoms with Crippen molar-refractivity contribution in [3.05, 3.63) is 33.8 Å². The number of rotatable bonds is 5. The van der Waals surface area contributed by atoms with Crippen molar-refractivity contribution in [2.24, 2.45) is 0 Å². The van der Waals surface area contributed by atoms with Crippen LogP contribution in [0.25, 0.3) is 0 Å². The molecule has 3 heterocycles. The predicted molar refractivity (Wildman–Crippen MR) is 117 cm³/mol. The van der Waals surface area contributed by atoms with Crippen LogP contribution in [-0.2, 0) is 16.0 Å². The van der Waals surface area contributed by atoms with Crippen LogP contribution in [0.4, 0.5) is 0 Å². The minimum Gasteiger partial charge on any atom is -0.378 e. The maximum absolute atomic E-state index is 13.4. The van der Waals surface area contributed by atoms with Crippen molar-refractivity contribution in [1.29, 1.82) is 0 Å². The van der Waals surface area contributed by atoms with Gasteiger partial charge in [0.1, 0.15) is 0 Å². The standard InChI is InChI=1S/C22H31Cl2N3O2/c1-2-7-25-10-11-27(21(28)13-16-5-6-17(23)18(24)12-16)22-19(25)14-29-15-20(22)26-8-3-4-9-26/h5-6,12,19-20,22H,2-4,7-11,13-15H2,1H3/t19-,20?,22+/m1/s1. The number of carbonyl (C=O) groups is 1. The lowest BCUT2D eigenvalue weighted by Gasteiger charge is -2.54. The minimum atomic E-state index is 0.181. The first kappa shape index (κ1) is 21.4. The Balaban J connectivity index is 1.56. The molecule has 0 N–H and O–H groups in total. The lowest BCUT2D eigenvalue weighted by Crippen LogP contribution is -2.71. The molecular weight excluding hydrogens is 409 g/mol. The summed E-state index contributed by atoms with van der Waals surface area (Å²) in [5.74, 6) is 0.181. The molecule has 160 valence electrons. The summed E-state index contributed by atoms with van der Waals surface area (Å²) >= 11 is 12.2. The van der Waals surface area contributed by atoms with E-state index in [1.807, 2.05) is 12.1 Å². The Morgan fingerprint density at radius 2 is 1.83 bits per heavy atom. The van der Waals surface area contributed by atoms with Crippen molar-refractivity contribution >= 4 is 29.1 Å². The number of likely N-dealkylation sites (tertiary alicyclic amines) is 1. The Hall–Kier alpha value is -0.850. The second kappa shape index (κ2) is 9.52. The molecule has 1 amide bonds. The van der Waals surface area contributed by atoms with Gasteiger partial charge in [-0.15, -0.1) is 0 Å². The van der Waals surface area contributed by atoms with Crippen LogP contribution >= 0.6 is 23.2 Å². The van der Waals surface area contributed by atoms with Gasteiger partial charge in [-0.05, 0) is 56.6 Å². The maximum Gasteiger partial charge on any atom is 0.227 e. The number of piperazine rings is 1. The van der Waals surface area contributed by atoms with Gasteiger partial charge in [-0.25, -0.2) is 0 Å². The van der Waals surface area contributed by atoms with Gasteiger partial charge in [-0.1, -0.05) is 36.2 Å². The molecule has 1 aromatic rings. The first-order valence-electron chi connectivity index (χ1n) is 10.9. The number of hydrogen-bond donors (Lipinski definition) is 0. The van der Waals surface area contributed by atoms with Crippen LogP contribution in [0, 0.1) is 0 Å². The fraction of sp³-hybridized carbons (Fsp3) is 0.682. The topological polar surface area (TPSA) is 36.0 Å². The lowest BCUT2D eigenvalue weighted by molar-refractivity contribution is -0.152. The third-order valence-electron chi connectivity index (χ3n) is 6.60. The molecule has 0 radical (unpaired) electrons. The molecule has 3 fully saturated rings. The zero-order chi connectivity index (χ0) is 20.4. The fourth-order valence-electron chi connectivity index (χ4n) is 5.23. The molecule has 0 aromatic heterocycles. The van der Waals surface area contributed by atoms with E-state index in [2.05, 4.69) is 21.6 Å². The minimum absolute atomic E-state index is 0.181. The van der Waals surface area contributed by atoms with Crippen LogP contribution in [0.5, 0.6) is 0 Å². The number of benzene rings is 1. The summed E-state index contributed by atoms with van der Waals surface area (Å²) in [6.45, 7) is 8.64. The molecule has 0 aliphatic carbocycles. The van der Waals surface area contributed by atoms with Gasteiger partial charge < -0.3 is 9.64 Å². The van der Waals surface area contributed by atoms with E-state index in [9.17, 15) is 4.79 Å². The highest BCUT2D eigenvalue weighted by Gasteiger charge is 2.47. The lowest BCUT2D eigenvalue weighted by atomic mass is 9.90. The van der Waals surface area contributed by atoms with Crippen molar-refractivity contribution < 1.29 is 9.53 Å². The molecule has 29 heavy (non-hydrogen) atoms. The molecule has 3 aliphatic heterocycles. The normalized spacial score (nSPS) is 28.5. The Morgan fingerprint density at radius 3 is 2.55 bits per heavy atom. The third kappa shape index (κ3) is 4.59. The Kier molecular flexibility index (Phi) is 7.02. The molecule has 1 unspecified atom stereocenters. The highest BCUT2D eigenvalue weighted by Crippen LogP contribution is 2.30. The predicted octanol–water partition coefficient (Wildman–Crippen LogP) is 3.32. The van der Waals surface area contributed by atoms with Crippen LogP contribution in [0.3, 0.4) is 0 Å². The molecule has 5 nitrogen and oxygen atoms in total. The first-order chi connectivity index (χ1) is 14.1. The Morgan fingerprint density at radius 1 is 1.07 bits per heavy atom. The number of hydrogen-bond acceptors (Lipinski definition) is 4. The van der Waals surface area contributed by atoms with Gasteiger partial charge in [-0.3, -0.25) is 14.6 Å². The van der Waals surface area contributed by atoms with Crippen LogP contribution in [0.1, 0.15) is 31.7 Å². The molecule has 0 saturated carbocycles. The SMILES string of the molecule is CCCN1CCN(C(=O)Cc2ccc(Cl)c(Cl)c2)[C@@H]2C(N3CCCC3)COC[C@H]21. The number of ether oxygens (including phenoxy) is 1. The van der Waals surface area contributed by atoms with Crippen LogP contribution in [0.2, 0.25) is 10.0 Å². The van der Waals surface area contributed by atoms with Crippen molar-refractivity contribution in [3.63, 3.8) is 0 Å². The first-order valence-corrected chi connectivity index (χ1v) is 11.6. The average molecular weight is 440 g/mol. The van der Waals surface area contributed by atoms with Crippen molar-refractivity contribution in [2.75, 3.05) is 45.9 Å². The summed E-state index contributed by atoms with van der Waals surface area (Å²) < 4.78 is 6.06. The molecule has 3 saturated heterocycles. The van der Waals surface area contributed by atoms with E-state index in [4.69, 9.17) is 27.9 Å². The van der Waals surface area contributed by atoms with Crippen molar-refractivity contribution in [3.8, 4) is 0 Å². The largest absolute Gasteiger partial charge is 0.378 e. The zero-order valence-corrected chi connectivity index (χ0v) is 18.7. The van der Waals surface area contributed by atoms with E-state index in [-0.39, 0.29) is 24.0 Å². The molecule has 3 atom stereocenters. The second-order valence-electron chi connectivity index (χ2n) is 8.45. The van der Waals surface area contributed by atoms with Crippen LogP contribution in [-0.4, -0.2) is 84.7 Å². The van der Waals surface area contributed by atoms with Gasteiger partial charge in [0.15, 0.2) is 0 Å². The average Bonchev–Trinajstić information content (AvgIpc) is 3.25. The molecule has 0 bridgehead atoms. The highest BCUT2D eigenvalue weighted by molar-refractivity contribution is 6.42. The van der Waals surface area contributed by atoms with E-state index >= 15 is 0 Å².